The van der Waals surface area contributed by atoms with Crippen LogP contribution in [0.2, 0.25) is 0 Å². The van der Waals surface area contributed by atoms with E-state index in [0.717, 1.165) is 39.0 Å². The zero-order valence-corrected chi connectivity index (χ0v) is 17.2. The van der Waals surface area contributed by atoms with Crippen molar-refractivity contribution < 1.29 is 0 Å². The van der Waals surface area contributed by atoms with Crippen molar-refractivity contribution in [3.63, 3.8) is 0 Å². The summed E-state index contributed by atoms with van der Waals surface area (Å²) in [6, 6.07) is 0. The molecule has 0 amide bonds. The Labute approximate surface area is 159 Å². The average molecular weight is 379 g/mol. The molecule has 0 aliphatic carbocycles. The second-order valence-corrected chi connectivity index (χ2v) is 8.76. The molecule has 0 aromatic carbocycles. The van der Waals surface area contributed by atoms with Crippen molar-refractivity contribution in [3.8, 4) is 0 Å². The van der Waals surface area contributed by atoms with E-state index in [9.17, 15) is 0 Å². The van der Waals surface area contributed by atoms with Crippen molar-refractivity contribution >= 4 is 22.7 Å². The van der Waals surface area contributed by atoms with E-state index in [1.54, 1.807) is 0 Å². The summed E-state index contributed by atoms with van der Waals surface area (Å²) in [5, 5.41) is 7.08. The van der Waals surface area contributed by atoms with Crippen molar-refractivity contribution in [1.82, 2.24) is 19.8 Å². The molecule has 0 atom stereocenters. The Hall–Kier alpha value is -0.820. The molecular formula is C19H30N4S2. The highest BCUT2D eigenvalue weighted by atomic mass is 32.1. The van der Waals surface area contributed by atoms with Crippen LogP contribution in [0.4, 0.5) is 0 Å². The first-order chi connectivity index (χ1) is 12.3. The molecule has 3 heterocycles. The van der Waals surface area contributed by atoms with Gasteiger partial charge in [-0.3, -0.25) is 9.80 Å². The molecule has 1 saturated heterocycles. The smallest absolute Gasteiger partial charge is 0.0928 e. The molecule has 0 N–H and O–H groups in total. The van der Waals surface area contributed by atoms with Crippen molar-refractivity contribution in [2.45, 2.75) is 59.0 Å². The molecule has 0 spiro atoms. The van der Waals surface area contributed by atoms with E-state index >= 15 is 0 Å². The number of aryl methyl sites for hydroxylation is 2. The lowest BCUT2D eigenvalue weighted by Crippen LogP contribution is -2.30. The van der Waals surface area contributed by atoms with Gasteiger partial charge < -0.3 is 0 Å². The van der Waals surface area contributed by atoms with Gasteiger partial charge in [0.2, 0.25) is 0 Å². The lowest BCUT2D eigenvalue weighted by molar-refractivity contribution is 0.244. The predicted octanol–water partition coefficient (Wildman–Crippen LogP) is 4.21. The summed E-state index contributed by atoms with van der Waals surface area (Å²) in [6.45, 7) is 11.1. The van der Waals surface area contributed by atoms with E-state index < -0.39 is 0 Å². The van der Waals surface area contributed by atoms with Gasteiger partial charge in [0.1, 0.15) is 0 Å². The van der Waals surface area contributed by atoms with Crippen molar-refractivity contribution in [2.24, 2.45) is 0 Å². The van der Waals surface area contributed by atoms with E-state index in [-0.39, 0.29) is 0 Å². The fourth-order valence-electron chi connectivity index (χ4n) is 3.30. The average Bonchev–Trinajstić information content (AvgIpc) is 3.16. The number of rotatable bonds is 8. The largest absolute Gasteiger partial charge is 0.296 e. The molecule has 2 aromatic rings. The second-order valence-electron chi connectivity index (χ2n) is 6.87. The van der Waals surface area contributed by atoms with Crippen LogP contribution >= 0.6 is 22.7 Å². The van der Waals surface area contributed by atoms with Crippen LogP contribution in [-0.4, -0.2) is 45.9 Å². The van der Waals surface area contributed by atoms with E-state index in [0.29, 0.717) is 0 Å². The van der Waals surface area contributed by atoms with Gasteiger partial charge in [0.15, 0.2) is 0 Å². The van der Waals surface area contributed by atoms with Crippen molar-refractivity contribution in [2.75, 3.05) is 26.2 Å². The normalized spacial score (nSPS) is 17.0. The van der Waals surface area contributed by atoms with Gasteiger partial charge in [-0.15, -0.1) is 22.7 Å². The zero-order chi connectivity index (χ0) is 17.5. The summed E-state index contributed by atoms with van der Waals surface area (Å²) in [4.78, 5) is 14.7. The van der Waals surface area contributed by atoms with Crippen LogP contribution < -0.4 is 0 Å². The topological polar surface area (TPSA) is 32.3 Å². The molecule has 1 aliphatic rings. The first-order valence-corrected chi connectivity index (χ1v) is 11.3. The lowest BCUT2D eigenvalue weighted by atomic mass is 10.3. The third-order valence-corrected chi connectivity index (χ3v) is 6.49. The lowest BCUT2D eigenvalue weighted by Gasteiger charge is -2.20. The highest BCUT2D eigenvalue weighted by molar-refractivity contribution is 7.09. The molecule has 0 radical (unpaired) electrons. The zero-order valence-electron chi connectivity index (χ0n) is 15.5. The summed E-state index contributed by atoms with van der Waals surface area (Å²) < 4.78 is 0. The van der Waals surface area contributed by atoms with Crippen LogP contribution in [0.5, 0.6) is 0 Å². The van der Waals surface area contributed by atoms with Crippen molar-refractivity contribution in [3.05, 3.63) is 32.2 Å². The standard InChI is InChI=1S/C19H30N4S2/c1-3-6-18-20-16(14-24-18)12-22-8-5-9-23(11-10-22)13-17-15-25-19(21-17)7-4-2/h14-15H,3-13H2,1-2H3. The molecule has 4 nitrogen and oxygen atoms in total. The number of nitrogens with zero attached hydrogens (tertiary/aromatic N) is 4. The van der Waals surface area contributed by atoms with Crippen molar-refractivity contribution in [1.29, 1.82) is 0 Å². The third-order valence-electron chi connectivity index (χ3n) is 4.58. The van der Waals surface area contributed by atoms with Gasteiger partial charge in [0.25, 0.3) is 0 Å². The van der Waals surface area contributed by atoms with E-state index in [2.05, 4.69) is 34.4 Å². The van der Waals surface area contributed by atoms with E-state index in [1.165, 1.54) is 53.8 Å². The van der Waals surface area contributed by atoms with Crippen LogP contribution in [-0.2, 0) is 25.9 Å². The van der Waals surface area contributed by atoms with Gasteiger partial charge in [0.05, 0.1) is 21.4 Å². The molecule has 2 aromatic heterocycles. The number of hydrogen-bond donors (Lipinski definition) is 0. The van der Waals surface area contributed by atoms with Gasteiger partial charge in [-0.2, -0.15) is 0 Å². The van der Waals surface area contributed by atoms with Crippen LogP contribution in [0, 0.1) is 0 Å². The summed E-state index contributed by atoms with van der Waals surface area (Å²) in [7, 11) is 0. The Balaban J connectivity index is 1.47. The molecule has 1 aliphatic heterocycles. The maximum absolute atomic E-state index is 4.79. The molecule has 25 heavy (non-hydrogen) atoms. The van der Waals surface area contributed by atoms with Crippen LogP contribution in [0.1, 0.15) is 54.5 Å². The Kier molecular flexibility index (Phi) is 7.40. The first kappa shape index (κ1) is 19.0. The molecule has 1 fully saturated rings. The Bertz CT molecular complexity index is 583. The van der Waals surface area contributed by atoms with Gasteiger partial charge in [-0.25, -0.2) is 9.97 Å². The third kappa shape index (κ3) is 5.84. The molecule has 6 heteroatoms. The molecule has 3 rings (SSSR count). The van der Waals surface area contributed by atoms with Gasteiger partial charge in [-0.05, 0) is 45.2 Å². The van der Waals surface area contributed by atoms with Crippen LogP contribution in [0.25, 0.3) is 0 Å². The highest BCUT2D eigenvalue weighted by Gasteiger charge is 2.17. The molecule has 0 bridgehead atoms. The Morgan fingerprint density at radius 2 is 1.28 bits per heavy atom. The minimum absolute atomic E-state index is 1.01. The summed E-state index contributed by atoms with van der Waals surface area (Å²) in [5.41, 5.74) is 2.51. The number of aromatic nitrogens is 2. The molecule has 0 saturated carbocycles. The Morgan fingerprint density at radius 1 is 0.800 bits per heavy atom. The minimum atomic E-state index is 1.01. The quantitative estimate of drug-likeness (QED) is 0.689. The predicted molar refractivity (Wildman–Crippen MR) is 107 cm³/mol. The number of thiazole rings is 2. The highest BCUT2D eigenvalue weighted by Crippen LogP contribution is 2.17. The molecule has 138 valence electrons. The summed E-state index contributed by atoms with van der Waals surface area (Å²) >= 11 is 3.64. The first-order valence-electron chi connectivity index (χ1n) is 9.58. The molecular weight excluding hydrogens is 348 g/mol. The van der Waals surface area contributed by atoms with Gasteiger partial charge >= 0.3 is 0 Å². The van der Waals surface area contributed by atoms with Gasteiger partial charge in [0, 0.05) is 36.9 Å². The van der Waals surface area contributed by atoms with E-state index in [4.69, 9.17) is 9.97 Å². The maximum atomic E-state index is 4.79. The number of hydrogen-bond acceptors (Lipinski definition) is 6. The second kappa shape index (κ2) is 9.76. The van der Waals surface area contributed by atoms with Crippen LogP contribution in [0.15, 0.2) is 10.8 Å². The minimum Gasteiger partial charge on any atom is -0.296 e. The monoisotopic (exact) mass is 378 g/mol. The van der Waals surface area contributed by atoms with E-state index in [1.807, 2.05) is 22.7 Å². The summed E-state index contributed by atoms with van der Waals surface area (Å²) in [5.74, 6) is 0. The Morgan fingerprint density at radius 3 is 1.72 bits per heavy atom. The fraction of sp³-hybridized carbons (Fsp3) is 0.684. The van der Waals surface area contributed by atoms with Gasteiger partial charge in [-0.1, -0.05) is 13.8 Å². The molecule has 0 unspecified atom stereocenters. The van der Waals surface area contributed by atoms with Crippen LogP contribution in [0.3, 0.4) is 0 Å². The fourth-order valence-corrected chi connectivity index (χ4v) is 5.08. The summed E-state index contributed by atoms with van der Waals surface area (Å²) in [6.07, 6.45) is 5.83. The SMILES string of the molecule is CCCc1nc(CN2CCCN(Cc3csc(CCC)n3)CC2)cs1. The maximum Gasteiger partial charge on any atom is 0.0928 e.